The fourth-order valence-corrected chi connectivity index (χ4v) is 2.04. The van der Waals surface area contributed by atoms with Crippen LogP contribution in [0.3, 0.4) is 0 Å². The molecule has 0 aliphatic heterocycles. The summed E-state index contributed by atoms with van der Waals surface area (Å²) in [6, 6.07) is 13.2. The molecule has 0 amide bonds. The number of carbonyl (C=O) groups is 2. The first-order valence-electron chi connectivity index (χ1n) is 5.77. The Morgan fingerprint density at radius 2 is 1.75 bits per heavy atom. The summed E-state index contributed by atoms with van der Waals surface area (Å²) in [6.07, 6.45) is 0. The van der Waals surface area contributed by atoms with Crippen molar-refractivity contribution in [3.63, 3.8) is 0 Å². The van der Waals surface area contributed by atoms with Crippen LogP contribution in [-0.4, -0.2) is 19.0 Å². The van der Waals surface area contributed by atoms with Crippen LogP contribution >= 0.6 is 15.9 Å². The molecule has 0 unspecified atom stereocenters. The minimum atomic E-state index is -0.500. The van der Waals surface area contributed by atoms with Gasteiger partial charge in [0, 0.05) is 4.47 Å². The van der Waals surface area contributed by atoms with E-state index in [0.717, 1.165) is 0 Å². The molecule has 0 N–H and O–H groups in total. The lowest BCUT2D eigenvalue weighted by atomic mass is 10.2. The van der Waals surface area contributed by atoms with E-state index in [1.807, 2.05) is 0 Å². The highest BCUT2D eigenvalue weighted by atomic mass is 79.9. The van der Waals surface area contributed by atoms with E-state index in [4.69, 9.17) is 4.74 Å². The summed E-state index contributed by atoms with van der Waals surface area (Å²) in [7, 11) is 1.29. The molecular weight excluding hydrogens is 324 g/mol. The molecule has 0 aliphatic rings. The van der Waals surface area contributed by atoms with E-state index < -0.39 is 11.9 Å². The second-order valence-corrected chi connectivity index (χ2v) is 4.74. The van der Waals surface area contributed by atoms with Crippen molar-refractivity contribution in [3.8, 4) is 5.75 Å². The van der Waals surface area contributed by atoms with Gasteiger partial charge in [0.1, 0.15) is 5.75 Å². The van der Waals surface area contributed by atoms with Gasteiger partial charge in [-0.15, -0.1) is 0 Å². The summed E-state index contributed by atoms with van der Waals surface area (Å²) in [4.78, 5) is 23.4. The molecule has 0 aromatic heterocycles. The molecule has 2 aromatic carbocycles. The Morgan fingerprint density at radius 3 is 2.45 bits per heavy atom. The SMILES string of the molecule is COC(=O)c1cccc(OC(=O)c2ccccc2Br)c1. The number of ether oxygens (including phenoxy) is 2. The minimum absolute atomic E-state index is 0.286. The molecule has 0 bridgehead atoms. The van der Waals surface area contributed by atoms with Crippen molar-refractivity contribution in [2.75, 3.05) is 7.11 Å². The maximum absolute atomic E-state index is 12.0. The van der Waals surface area contributed by atoms with Crippen LogP contribution in [0.4, 0.5) is 0 Å². The molecule has 2 rings (SSSR count). The lowest BCUT2D eigenvalue weighted by molar-refractivity contribution is 0.0597. The molecular formula is C15H11BrO4. The van der Waals surface area contributed by atoms with E-state index in [1.165, 1.54) is 13.2 Å². The third-order valence-corrected chi connectivity index (χ3v) is 3.25. The van der Waals surface area contributed by atoms with E-state index in [9.17, 15) is 9.59 Å². The Hall–Kier alpha value is -2.14. The van der Waals surface area contributed by atoms with E-state index in [-0.39, 0.29) is 5.75 Å². The Morgan fingerprint density at radius 1 is 1.00 bits per heavy atom. The molecule has 2 aromatic rings. The maximum Gasteiger partial charge on any atom is 0.344 e. The van der Waals surface area contributed by atoms with Gasteiger partial charge in [0.15, 0.2) is 0 Å². The van der Waals surface area contributed by atoms with Gasteiger partial charge in [-0.05, 0) is 46.3 Å². The van der Waals surface area contributed by atoms with Crippen LogP contribution in [0.25, 0.3) is 0 Å². The number of hydrogen-bond donors (Lipinski definition) is 0. The van der Waals surface area contributed by atoms with Crippen molar-refractivity contribution >= 4 is 27.9 Å². The third kappa shape index (κ3) is 3.24. The van der Waals surface area contributed by atoms with Crippen LogP contribution in [0, 0.1) is 0 Å². The predicted molar refractivity (Wildman–Crippen MR) is 76.9 cm³/mol. The highest BCUT2D eigenvalue weighted by Gasteiger charge is 2.13. The van der Waals surface area contributed by atoms with Gasteiger partial charge in [0.2, 0.25) is 0 Å². The second-order valence-electron chi connectivity index (χ2n) is 3.89. The van der Waals surface area contributed by atoms with Crippen LogP contribution in [0.5, 0.6) is 5.75 Å². The molecule has 0 spiro atoms. The van der Waals surface area contributed by atoms with E-state index in [0.29, 0.717) is 15.6 Å². The number of halogens is 1. The van der Waals surface area contributed by atoms with Gasteiger partial charge in [0.25, 0.3) is 0 Å². The van der Waals surface area contributed by atoms with Gasteiger partial charge >= 0.3 is 11.9 Å². The smallest absolute Gasteiger partial charge is 0.344 e. The molecule has 0 heterocycles. The van der Waals surface area contributed by atoms with Crippen molar-refractivity contribution < 1.29 is 19.1 Å². The molecule has 5 heteroatoms. The second kappa shape index (κ2) is 6.34. The lowest BCUT2D eigenvalue weighted by Crippen LogP contribution is -2.10. The van der Waals surface area contributed by atoms with Gasteiger partial charge in [-0.2, -0.15) is 0 Å². The van der Waals surface area contributed by atoms with Crippen LogP contribution in [0.2, 0.25) is 0 Å². The van der Waals surface area contributed by atoms with E-state index in [2.05, 4.69) is 20.7 Å². The van der Waals surface area contributed by atoms with Crippen LogP contribution in [-0.2, 0) is 4.74 Å². The predicted octanol–water partition coefficient (Wildman–Crippen LogP) is 3.45. The number of hydrogen-bond acceptors (Lipinski definition) is 4. The van der Waals surface area contributed by atoms with Crippen LogP contribution < -0.4 is 4.74 Å². The molecule has 0 saturated carbocycles. The number of benzene rings is 2. The van der Waals surface area contributed by atoms with Crippen molar-refractivity contribution in [1.82, 2.24) is 0 Å². The summed E-state index contributed by atoms with van der Waals surface area (Å²) in [6.45, 7) is 0. The van der Waals surface area contributed by atoms with Crippen molar-refractivity contribution in [1.29, 1.82) is 0 Å². The van der Waals surface area contributed by atoms with Crippen LogP contribution in [0.1, 0.15) is 20.7 Å². The first-order chi connectivity index (χ1) is 9.61. The Labute approximate surface area is 124 Å². The molecule has 0 aliphatic carbocycles. The molecule has 0 atom stereocenters. The van der Waals surface area contributed by atoms with E-state index >= 15 is 0 Å². The minimum Gasteiger partial charge on any atom is -0.465 e. The fourth-order valence-electron chi connectivity index (χ4n) is 1.59. The summed E-state index contributed by atoms with van der Waals surface area (Å²) in [5.74, 6) is -0.697. The van der Waals surface area contributed by atoms with Crippen molar-refractivity contribution in [2.24, 2.45) is 0 Å². The highest BCUT2D eigenvalue weighted by molar-refractivity contribution is 9.10. The lowest BCUT2D eigenvalue weighted by Gasteiger charge is -2.07. The summed E-state index contributed by atoms with van der Waals surface area (Å²) < 4.78 is 10.5. The van der Waals surface area contributed by atoms with Gasteiger partial charge in [-0.1, -0.05) is 18.2 Å². The molecule has 0 radical (unpaired) electrons. The Bertz CT molecular complexity index is 652. The number of methoxy groups -OCH3 is 1. The molecule has 102 valence electrons. The van der Waals surface area contributed by atoms with Gasteiger partial charge in [-0.25, -0.2) is 9.59 Å². The number of rotatable bonds is 3. The largest absolute Gasteiger partial charge is 0.465 e. The monoisotopic (exact) mass is 334 g/mol. The highest BCUT2D eigenvalue weighted by Crippen LogP contribution is 2.20. The zero-order valence-corrected chi connectivity index (χ0v) is 12.2. The first-order valence-corrected chi connectivity index (χ1v) is 6.56. The Kier molecular flexibility index (Phi) is 4.53. The average molecular weight is 335 g/mol. The topological polar surface area (TPSA) is 52.6 Å². The molecule has 0 fully saturated rings. The maximum atomic E-state index is 12.0. The number of carbonyl (C=O) groups excluding carboxylic acids is 2. The van der Waals surface area contributed by atoms with Crippen LogP contribution in [0.15, 0.2) is 53.0 Å². The van der Waals surface area contributed by atoms with Gasteiger partial charge in [-0.3, -0.25) is 0 Å². The van der Waals surface area contributed by atoms with Gasteiger partial charge < -0.3 is 9.47 Å². The van der Waals surface area contributed by atoms with Crippen molar-refractivity contribution in [3.05, 3.63) is 64.1 Å². The van der Waals surface area contributed by atoms with Crippen molar-refractivity contribution in [2.45, 2.75) is 0 Å². The zero-order chi connectivity index (χ0) is 14.5. The third-order valence-electron chi connectivity index (χ3n) is 2.56. The quantitative estimate of drug-likeness (QED) is 0.637. The first kappa shape index (κ1) is 14.3. The zero-order valence-electron chi connectivity index (χ0n) is 10.6. The average Bonchev–Trinajstić information content (AvgIpc) is 2.47. The normalized spacial score (nSPS) is 9.90. The van der Waals surface area contributed by atoms with Gasteiger partial charge in [0.05, 0.1) is 18.2 Å². The molecule has 0 saturated heterocycles. The number of esters is 2. The summed E-state index contributed by atoms with van der Waals surface area (Å²) in [5, 5.41) is 0. The van der Waals surface area contributed by atoms with E-state index in [1.54, 1.807) is 42.5 Å². The molecule has 20 heavy (non-hydrogen) atoms. The standard InChI is InChI=1S/C15H11BrO4/c1-19-14(17)10-5-4-6-11(9-10)20-15(18)12-7-2-3-8-13(12)16/h2-9H,1H3. The molecule has 4 nitrogen and oxygen atoms in total. The Balaban J connectivity index is 2.20. The summed E-state index contributed by atoms with van der Waals surface area (Å²) >= 11 is 3.28. The summed E-state index contributed by atoms with van der Waals surface area (Å²) in [5.41, 5.74) is 0.737. The fraction of sp³-hybridized carbons (Fsp3) is 0.0667.